The van der Waals surface area contributed by atoms with Crippen LogP contribution in [-0.2, 0) is 20.6 Å². The number of hydrogen-bond donors (Lipinski definition) is 3. The molecule has 0 saturated heterocycles. The standard InChI is InChI=1S/C27H33O4P/c1-25(2,3)22-17-21(18-23(24(22)28)26(4,5)6)27(32(29,30)31,19-13-9-7-10-14-19)20-15-11-8-12-16-20/h7-18,28H,1-6H3,(H2,29,30,31). The van der Waals surface area contributed by atoms with E-state index in [9.17, 15) is 19.5 Å². The van der Waals surface area contributed by atoms with E-state index in [-0.39, 0.29) is 5.75 Å². The molecular weight excluding hydrogens is 419 g/mol. The van der Waals surface area contributed by atoms with Crippen molar-refractivity contribution in [1.82, 2.24) is 0 Å². The molecule has 0 unspecified atom stereocenters. The molecule has 170 valence electrons. The molecule has 0 fully saturated rings. The average molecular weight is 453 g/mol. The number of phenols is 1. The zero-order chi connectivity index (χ0) is 23.9. The van der Waals surface area contributed by atoms with Gasteiger partial charge in [0.05, 0.1) is 0 Å². The Labute approximate surface area is 191 Å². The highest BCUT2D eigenvalue weighted by molar-refractivity contribution is 7.53. The smallest absolute Gasteiger partial charge is 0.344 e. The van der Waals surface area contributed by atoms with Crippen LogP contribution < -0.4 is 0 Å². The number of rotatable bonds is 4. The average Bonchev–Trinajstić information content (AvgIpc) is 2.68. The lowest BCUT2D eigenvalue weighted by Crippen LogP contribution is -2.31. The Morgan fingerprint density at radius 3 is 1.25 bits per heavy atom. The van der Waals surface area contributed by atoms with Crippen LogP contribution in [-0.4, -0.2) is 14.9 Å². The van der Waals surface area contributed by atoms with Crippen LogP contribution in [0.1, 0.15) is 69.4 Å². The summed E-state index contributed by atoms with van der Waals surface area (Å²) in [6, 6.07) is 21.4. The van der Waals surface area contributed by atoms with E-state index in [4.69, 9.17) is 0 Å². The molecule has 0 aliphatic carbocycles. The molecule has 3 aromatic rings. The molecular formula is C27H33O4P. The molecule has 0 aromatic heterocycles. The molecule has 3 aromatic carbocycles. The van der Waals surface area contributed by atoms with Crippen molar-refractivity contribution < 1.29 is 19.5 Å². The van der Waals surface area contributed by atoms with Crippen molar-refractivity contribution in [2.75, 3.05) is 0 Å². The molecule has 0 amide bonds. The molecule has 0 saturated carbocycles. The summed E-state index contributed by atoms with van der Waals surface area (Å²) in [5.74, 6) is 0.175. The summed E-state index contributed by atoms with van der Waals surface area (Å²) in [7, 11) is -4.81. The topological polar surface area (TPSA) is 77.8 Å². The Balaban J connectivity index is 2.59. The van der Waals surface area contributed by atoms with E-state index in [1.54, 1.807) is 60.7 Å². The fourth-order valence-corrected chi connectivity index (χ4v) is 5.79. The Bertz CT molecular complexity index is 1060. The highest BCUT2D eigenvalue weighted by atomic mass is 31.2. The normalized spacial score (nSPS) is 13.2. The van der Waals surface area contributed by atoms with Gasteiger partial charge >= 0.3 is 7.60 Å². The molecule has 5 heteroatoms. The fraction of sp³-hybridized carbons (Fsp3) is 0.333. The summed E-state index contributed by atoms with van der Waals surface area (Å²) in [5.41, 5.74) is 1.92. The monoisotopic (exact) mass is 452 g/mol. The van der Waals surface area contributed by atoms with Gasteiger partial charge in [-0.2, -0.15) is 0 Å². The van der Waals surface area contributed by atoms with Crippen LogP contribution in [0.4, 0.5) is 0 Å². The maximum Gasteiger partial charge on any atom is 0.344 e. The largest absolute Gasteiger partial charge is 0.507 e. The van der Waals surface area contributed by atoms with Gasteiger partial charge in [0.25, 0.3) is 0 Å². The van der Waals surface area contributed by atoms with Crippen molar-refractivity contribution in [1.29, 1.82) is 0 Å². The summed E-state index contributed by atoms with van der Waals surface area (Å²) in [6.45, 7) is 11.9. The van der Waals surface area contributed by atoms with Crippen LogP contribution in [0.2, 0.25) is 0 Å². The summed E-state index contributed by atoms with van der Waals surface area (Å²) >= 11 is 0. The minimum Gasteiger partial charge on any atom is -0.507 e. The third-order valence-electron chi connectivity index (χ3n) is 5.96. The molecule has 3 rings (SSSR count). The zero-order valence-electron chi connectivity index (χ0n) is 19.6. The Morgan fingerprint density at radius 1 is 0.625 bits per heavy atom. The summed E-state index contributed by atoms with van der Waals surface area (Å²) in [5, 5.41) is 9.48. The van der Waals surface area contributed by atoms with Crippen molar-refractivity contribution in [3.05, 3.63) is 101 Å². The van der Waals surface area contributed by atoms with Crippen LogP contribution in [0.25, 0.3) is 0 Å². The summed E-state index contributed by atoms with van der Waals surface area (Å²) in [6.07, 6.45) is 0. The molecule has 32 heavy (non-hydrogen) atoms. The Hall–Kier alpha value is -2.39. The van der Waals surface area contributed by atoms with Gasteiger partial charge in [0.1, 0.15) is 10.9 Å². The minimum atomic E-state index is -4.81. The second-order valence-electron chi connectivity index (χ2n) is 10.4. The van der Waals surface area contributed by atoms with E-state index in [2.05, 4.69) is 0 Å². The van der Waals surface area contributed by atoms with Crippen molar-refractivity contribution in [2.45, 2.75) is 57.5 Å². The van der Waals surface area contributed by atoms with E-state index in [0.29, 0.717) is 27.8 Å². The highest BCUT2D eigenvalue weighted by Crippen LogP contribution is 2.65. The van der Waals surface area contributed by atoms with Gasteiger partial charge in [0, 0.05) is 0 Å². The van der Waals surface area contributed by atoms with Gasteiger partial charge in [-0.15, -0.1) is 0 Å². The third-order valence-corrected chi connectivity index (χ3v) is 7.61. The van der Waals surface area contributed by atoms with Gasteiger partial charge in [-0.1, -0.05) is 102 Å². The van der Waals surface area contributed by atoms with Gasteiger partial charge in [-0.25, -0.2) is 0 Å². The first-order valence-corrected chi connectivity index (χ1v) is 12.4. The second kappa shape index (κ2) is 8.19. The van der Waals surface area contributed by atoms with Gasteiger partial charge in [-0.05, 0) is 50.8 Å². The lowest BCUT2D eigenvalue weighted by Gasteiger charge is -2.38. The van der Waals surface area contributed by atoms with E-state index < -0.39 is 23.6 Å². The van der Waals surface area contributed by atoms with Crippen molar-refractivity contribution >= 4 is 7.60 Å². The lowest BCUT2D eigenvalue weighted by atomic mass is 9.74. The molecule has 0 radical (unpaired) electrons. The van der Waals surface area contributed by atoms with Crippen molar-refractivity contribution in [2.24, 2.45) is 0 Å². The van der Waals surface area contributed by atoms with Gasteiger partial charge in [-0.3, -0.25) is 4.57 Å². The summed E-state index contributed by atoms with van der Waals surface area (Å²) < 4.78 is 13.5. The lowest BCUT2D eigenvalue weighted by molar-refractivity contribution is 0.348. The maximum atomic E-state index is 13.5. The minimum absolute atomic E-state index is 0.175. The first-order valence-electron chi connectivity index (χ1n) is 10.8. The molecule has 0 heterocycles. The van der Waals surface area contributed by atoms with E-state index in [0.717, 1.165) is 0 Å². The fourth-order valence-electron chi connectivity index (χ4n) is 4.35. The first kappa shape index (κ1) is 24.3. The van der Waals surface area contributed by atoms with Crippen LogP contribution in [0, 0.1) is 0 Å². The Kier molecular flexibility index (Phi) is 6.21. The predicted octanol–water partition coefficient (Wildman–Crippen LogP) is 6.46. The molecule has 0 atom stereocenters. The van der Waals surface area contributed by atoms with Gasteiger partial charge < -0.3 is 14.9 Å². The van der Waals surface area contributed by atoms with Crippen molar-refractivity contribution in [3.63, 3.8) is 0 Å². The van der Waals surface area contributed by atoms with Crippen LogP contribution in [0.5, 0.6) is 5.75 Å². The summed E-state index contributed by atoms with van der Waals surface area (Å²) in [4.78, 5) is 22.0. The number of benzene rings is 3. The SMILES string of the molecule is CC(C)(C)c1cc(C(c2ccccc2)(c2ccccc2)P(=O)(O)O)cc(C(C)(C)C)c1O. The first-order chi connectivity index (χ1) is 14.7. The number of aromatic hydroxyl groups is 1. The molecule has 0 aliphatic heterocycles. The quantitative estimate of drug-likeness (QED) is 0.314. The molecule has 0 bridgehead atoms. The highest BCUT2D eigenvalue weighted by Gasteiger charge is 2.52. The van der Waals surface area contributed by atoms with E-state index in [1.165, 1.54) is 0 Å². The third kappa shape index (κ3) is 4.15. The predicted molar refractivity (Wildman–Crippen MR) is 130 cm³/mol. The Morgan fingerprint density at radius 2 is 0.969 bits per heavy atom. The molecule has 0 spiro atoms. The van der Waals surface area contributed by atoms with Crippen LogP contribution in [0.3, 0.4) is 0 Å². The van der Waals surface area contributed by atoms with Gasteiger partial charge in [0.15, 0.2) is 0 Å². The molecule has 4 nitrogen and oxygen atoms in total. The molecule has 0 aliphatic rings. The number of phenolic OH excluding ortho intramolecular Hbond substituents is 1. The van der Waals surface area contributed by atoms with Crippen molar-refractivity contribution in [3.8, 4) is 5.75 Å². The van der Waals surface area contributed by atoms with E-state index in [1.807, 2.05) is 53.7 Å². The van der Waals surface area contributed by atoms with Crippen LogP contribution >= 0.6 is 7.60 Å². The zero-order valence-corrected chi connectivity index (χ0v) is 20.5. The second-order valence-corrected chi connectivity index (χ2v) is 12.2. The molecule has 3 N–H and O–H groups in total. The van der Waals surface area contributed by atoms with E-state index >= 15 is 0 Å². The maximum absolute atomic E-state index is 13.5. The van der Waals surface area contributed by atoms with Crippen LogP contribution in [0.15, 0.2) is 72.8 Å². The number of hydrogen-bond acceptors (Lipinski definition) is 2. The van der Waals surface area contributed by atoms with Gasteiger partial charge in [0.2, 0.25) is 0 Å².